The lowest BCUT2D eigenvalue weighted by molar-refractivity contribution is -0.153. The summed E-state index contributed by atoms with van der Waals surface area (Å²) < 4.78 is 12.8. The van der Waals surface area contributed by atoms with Crippen LogP contribution in [-0.4, -0.2) is 21.5 Å². The second-order valence-electron chi connectivity index (χ2n) is 5.94. The van der Waals surface area contributed by atoms with E-state index < -0.39 is 12.1 Å². The fraction of sp³-hybridized carbons (Fsp3) is 0.222. The Morgan fingerprint density at radius 3 is 2.92 bits per heavy atom. The van der Waals surface area contributed by atoms with Crippen LogP contribution in [0, 0.1) is 0 Å². The quantitative estimate of drug-likeness (QED) is 0.641. The number of ether oxygens (including phenoxy) is 2. The Hall–Kier alpha value is -2.24. The second-order valence-corrected chi connectivity index (χ2v) is 6.79. The van der Waals surface area contributed by atoms with Gasteiger partial charge in [0.15, 0.2) is 5.65 Å². The number of carbonyl (C=O) groups is 1. The lowest BCUT2D eigenvalue weighted by Crippen LogP contribution is -2.29. The zero-order valence-corrected chi connectivity index (χ0v) is 14.8. The van der Waals surface area contributed by atoms with Gasteiger partial charge in [0.2, 0.25) is 6.10 Å². The lowest BCUT2D eigenvalue weighted by atomic mass is 9.98. The highest BCUT2D eigenvalue weighted by Crippen LogP contribution is 2.38. The van der Waals surface area contributed by atoms with Gasteiger partial charge in [-0.3, -0.25) is 0 Å². The predicted molar refractivity (Wildman–Crippen MR) is 94.3 cm³/mol. The van der Waals surface area contributed by atoms with Crippen LogP contribution in [0.1, 0.15) is 24.1 Å². The molecule has 4 rings (SSSR count). The van der Waals surface area contributed by atoms with E-state index in [0.29, 0.717) is 21.4 Å². The summed E-state index contributed by atoms with van der Waals surface area (Å²) in [7, 11) is 0. The van der Waals surface area contributed by atoms with Gasteiger partial charge in [0, 0.05) is 23.9 Å². The molecule has 1 aliphatic heterocycles. The highest BCUT2D eigenvalue weighted by atomic mass is 35.5. The molecule has 1 aliphatic rings. The van der Waals surface area contributed by atoms with E-state index in [1.165, 1.54) is 0 Å². The average molecular weight is 377 g/mol. The third-order valence-electron chi connectivity index (χ3n) is 4.24. The van der Waals surface area contributed by atoms with Crippen molar-refractivity contribution in [2.45, 2.75) is 25.6 Å². The van der Waals surface area contributed by atoms with E-state index in [1.54, 1.807) is 22.9 Å². The van der Waals surface area contributed by atoms with Crippen molar-refractivity contribution >= 4 is 34.8 Å². The highest BCUT2D eigenvalue weighted by Gasteiger charge is 2.37. The molecule has 0 spiro atoms. The summed E-state index contributed by atoms with van der Waals surface area (Å²) in [5.41, 5.74) is 2.16. The molecule has 0 aliphatic carbocycles. The molecule has 1 aromatic carbocycles. The molecular formula is C18H14Cl2N2O3. The van der Waals surface area contributed by atoms with Crippen molar-refractivity contribution in [3.05, 3.63) is 64.0 Å². The lowest BCUT2D eigenvalue weighted by Gasteiger charge is -2.13. The van der Waals surface area contributed by atoms with E-state index in [9.17, 15) is 4.79 Å². The van der Waals surface area contributed by atoms with Gasteiger partial charge < -0.3 is 13.9 Å². The Morgan fingerprint density at radius 1 is 1.32 bits per heavy atom. The number of hydrogen-bond acceptors (Lipinski definition) is 4. The normalized spacial score (nSPS) is 18.8. The van der Waals surface area contributed by atoms with Crippen molar-refractivity contribution in [2.24, 2.45) is 0 Å². The number of aromatic nitrogens is 2. The molecule has 25 heavy (non-hydrogen) atoms. The summed E-state index contributed by atoms with van der Waals surface area (Å²) >= 11 is 12.1. The molecule has 0 radical (unpaired) electrons. The summed E-state index contributed by atoms with van der Waals surface area (Å²) in [6, 6.07) is 9.24. The van der Waals surface area contributed by atoms with Gasteiger partial charge in [-0.15, -0.1) is 0 Å². The van der Waals surface area contributed by atoms with Crippen molar-refractivity contribution in [3.63, 3.8) is 0 Å². The van der Waals surface area contributed by atoms with Crippen LogP contribution in [0.2, 0.25) is 10.0 Å². The topological polar surface area (TPSA) is 52.8 Å². The Kier molecular flexibility index (Phi) is 4.06. The first kappa shape index (κ1) is 16.2. The molecule has 5 nitrogen and oxygen atoms in total. The van der Waals surface area contributed by atoms with Gasteiger partial charge in [-0.25, -0.2) is 9.78 Å². The smallest absolute Gasteiger partial charge is 0.348 e. The number of fused-ring (bicyclic) bond motifs is 2. The molecule has 0 bridgehead atoms. The Morgan fingerprint density at radius 2 is 2.12 bits per heavy atom. The first-order valence-electron chi connectivity index (χ1n) is 7.78. The van der Waals surface area contributed by atoms with E-state index in [1.807, 2.05) is 31.2 Å². The molecule has 3 aromatic rings. The van der Waals surface area contributed by atoms with E-state index >= 15 is 0 Å². The number of nitrogens with zero attached hydrogens (tertiary/aromatic N) is 2. The Balaban J connectivity index is 1.47. The minimum absolute atomic E-state index is 0.0391. The van der Waals surface area contributed by atoms with Crippen molar-refractivity contribution in [2.75, 3.05) is 0 Å². The number of esters is 1. The molecule has 0 saturated carbocycles. The number of carbonyl (C=O) groups excluding carboxylic acids is 1. The molecule has 7 heteroatoms. The van der Waals surface area contributed by atoms with E-state index in [-0.39, 0.29) is 12.5 Å². The van der Waals surface area contributed by atoms with Crippen LogP contribution >= 0.6 is 23.2 Å². The number of pyridine rings is 1. The third kappa shape index (κ3) is 2.94. The van der Waals surface area contributed by atoms with E-state index in [4.69, 9.17) is 32.7 Å². The van der Waals surface area contributed by atoms with Crippen molar-refractivity contribution in [1.29, 1.82) is 0 Å². The third-order valence-corrected chi connectivity index (χ3v) is 4.72. The van der Waals surface area contributed by atoms with Gasteiger partial charge in [-0.1, -0.05) is 48.3 Å². The summed E-state index contributed by atoms with van der Waals surface area (Å²) in [4.78, 5) is 16.8. The monoisotopic (exact) mass is 376 g/mol. The molecule has 0 fully saturated rings. The molecule has 128 valence electrons. The molecule has 2 unspecified atom stereocenters. The van der Waals surface area contributed by atoms with Crippen molar-refractivity contribution in [1.82, 2.24) is 9.38 Å². The average Bonchev–Trinajstić information content (AvgIpc) is 3.14. The maximum Gasteiger partial charge on any atom is 0.348 e. The van der Waals surface area contributed by atoms with Crippen molar-refractivity contribution in [3.8, 4) is 5.75 Å². The SMILES string of the molecule is CC1c2ccccc2OC1C(=O)OCc1cn2cc(Cl)cc(Cl)c2n1. The summed E-state index contributed by atoms with van der Waals surface area (Å²) in [6.07, 6.45) is 2.78. The molecule has 0 N–H and O–H groups in total. The maximum absolute atomic E-state index is 12.4. The molecule has 2 aromatic heterocycles. The summed E-state index contributed by atoms with van der Waals surface area (Å²) in [5, 5.41) is 0.942. The van der Waals surface area contributed by atoms with Crippen molar-refractivity contribution < 1.29 is 14.3 Å². The molecule has 2 atom stereocenters. The molecular weight excluding hydrogens is 363 g/mol. The van der Waals surface area contributed by atoms with Gasteiger partial charge in [-0.2, -0.15) is 0 Å². The number of imidazole rings is 1. The number of rotatable bonds is 3. The van der Waals surface area contributed by atoms with E-state index in [2.05, 4.69) is 4.98 Å². The summed E-state index contributed by atoms with van der Waals surface area (Å²) in [6.45, 7) is 1.99. The standard InChI is InChI=1S/C18H14Cl2N2O3/c1-10-13-4-2-3-5-15(13)25-16(10)18(23)24-9-12-8-22-7-11(19)6-14(20)17(22)21-12/h2-8,10,16H,9H2,1H3. The maximum atomic E-state index is 12.4. The minimum Gasteiger partial charge on any atom is -0.478 e. The molecule has 0 saturated heterocycles. The fourth-order valence-electron chi connectivity index (χ4n) is 2.99. The molecule has 3 heterocycles. The van der Waals surface area contributed by atoms with E-state index in [0.717, 1.165) is 11.3 Å². The zero-order valence-electron chi connectivity index (χ0n) is 13.3. The Labute approximate surface area is 154 Å². The summed E-state index contributed by atoms with van der Waals surface area (Å²) in [5.74, 6) is 0.258. The number of benzene rings is 1. The van der Waals surface area contributed by atoms with Gasteiger partial charge in [-0.05, 0) is 12.1 Å². The number of hydrogen-bond donors (Lipinski definition) is 0. The minimum atomic E-state index is -0.646. The highest BCUT2D eigenvalue weighted by molar-refractivity contribution is 6.36. The number of para-hydroxylation sites is 1. The molecule has 0 amide bonds. The van der Waals surface area contributed by atoms with Gasteiger partial charge in [0.25, 0.3) is 0 Å². The van der Waals surface area contributed by atoms with Gasteiger partial charge in [0.05, 0.1) is 15.7 Å². The van der Waals surface area contributed by atoms with Crippen LogP contribution in [0.25, 0.3) is 5.65 Å². The van der Waals surface area contributed by atoms with Gasteiger partial charge >= 0.3 is 5.97 Å². The van der Waals surface area contributed by atoms with Gasteiger partial charge in [0.1, 0.15) is 12.4 Å². The predicted octanol–water partition coefficient (Wildman–Crippen LogP) is 4.25. The fourth-order valence-corrected chi connectivity index (χ4v) is 3.52. The number of halogens is 2. The Bertz CT molecular complexity index is 970. The first-order valence-corrected chi connectivity index (χ1v) is 8.53. The largest absolute Gasteiger partial charge is 0.478 e. The van der Waals surface area contributed by atoms with Crippen LogP contribution in [0.15, 0.2) is 42.7 Å². The first-order chi connectivity index (χ1) is 12.0. The zero-order chi connectivity index (χ0) is 17.6. The second kappa shape index (κ2) is 6.24. The van der Waals surface area contributed by atoms with Crippen LogP contribution in [0.4, 0.5) is 0 Å². The van der Waals surface area contributed by atoms with Crippen LogP contribution in [-0.2, 0) is 16.1 Å². The van der Waals surface area contributed by atoms with Crippen LogP contribution < -0.4 is 4.74 Å². The van der Waals surface area contributed by atoms with Crippen LogP contribution in [0.3, 0.4) is 0 Å². The van der Waals surface area contributed by atoms with Crippen LogP contribution in [0.5, 0.6) is 5.75 Å².